The molecule has 2 aromatic rings. The molecule has 3 N–H and O–H groups in total. The van der Waals surface area contributed by atoms with Crippen molar-refractivity contribution in [3.63, 3.8) is 0 Å². The Labute approximate surface area is 100 Å². The summed E-state index contributed by atoms with van der Waals surface area (Å²) in [6, 6.07) is 9.29. The van der Waals surface area contributed by atoms with Gasteiger partial charge in [0.25, 0.3) is 0 Å². The van der Waals surface area contributed by atoms with Gasteiger partial charge in [-0.25, -0.2) is 4.98 Å². The van der Waals surface area contributed by atoms with Crippen molar-refractivity contribution in [1.29, 1.82) is 10.7 Å². The molecule has 0 spiro atoms. The summed E-state index contributed by atoms with van der Waals surface area (Å²) in [6.07, 6.45) is 1.06. The lowest BCUT2D eigenvalue weighted by Gasteiger charge is -2.05. The van der Waals surface area contributed by atoms with Gasteiger partial charge in [0, 0.05) is 17.0 Å². The van der Waals surface area contributed by atoms with E-state index in [0.29, 0.717) is 17.1 Å². The van der Waals surface area contributed by atoms with Crippen LogP contribution in [0.5, 0.6) is 0 Å². The highest BCUT2D eigenvalue weighted by atomic mass is 14.8. The van der Waals surface area contributed by atoms with Crippen LogP contribution in [0.4, 0.5) is 5.69 Å². The molecule has 0 saturated carbocycles. The highest BCUT2D eigenvalue weighted by Crippen LogP contribution is 2.24. The molecule has 1 aromatic heterocycles. The first-order valence-corrected chi connectivity index (χ1v) is 5.36. The summed E-state index contributed by atoms with van der Waals surface area (Å²) in [5, 5.41) is 17.6. The van der Waals surface area contributed by atoms with E-state index in [-0.39, 0.29) is 0 Å². The number of rotatable bonds is 1. The molecule has 17 heavy (non-hydrogen) atoms. The second-order valence-corrected chi connectivity index (χ2v) is 3.06. The van der Waals surface area contributed by atoms with E-state index in [4.69, 9.17) is 16.4 Å². The maximum atomic E-state index is 8.92. The molecule has 0 bridgehead atoms. The minimum atomic E-state index is 0.304. The quantitative estimate of drug-likeness (QED) is 0.733. The van der Waals surface area contributed by atoms with E-state index in [1.54, 1.807) is 6.07 Å². The maximum Gasteiger partial charge on any atom is 0.149 e. The number of pyridine rings is 1. The fourth-order valence-corrected chi connectivity index (χ4v) is 1.50. The van der Waals surface area contributed by atoms with Crippen molar-refractivity contribution in [2.45, 2.75) is 13.8 Å². The Morgan fingerprint density at radius 2 is 1.88 bits per heavy atom. The van der Waals surface area contributed by atoms with Crippen LogP contribution in [0.15, 0.2) is 24.3 Å². The summed E-state index contributed by atoms with van der Waals surface area (Å²) in [5.74, 6) is 0. The number of fused-ring (bicyclic) bond motifs is 1. The summed E-state index contributed by atoms with van der Waals surface area (Å²) < 4.78 is 0. The van der Waals surface area contributed by atoms with Gasteiger partial charge in [-0.2, -0.15) is 5.26 Å². The third-order valence-electron chi connectivity index (χ3n) is 2.22. The number of anilines is 1. The molecule has 0 fully saturated rings. The van der Waals surface area contributed by atoms with E-state index in [2.05, 4.69) is 4.98 Å². The van der Waals surface area contributed by atoms with E-state index in [1.807, 2.05) is 38.1 Å². The monoisotopic (exact) mass is 226 g/mol. The van der Waals surface area contributed by atoms with Crippen LogP contribution in [0.25, 0.3) is 10.8 Å². The van der Waals surface area contributed by atoms with Crippen molar-refractivity contribution >= 4 is 22.7 Å². The van der Waals surface area contributed by atoms with Gasteiger partial charge in [0.2, 0.25) is 0 Å². The molecule has 86 valence electrons. The molecular formula is C13H14N4. The smallest absolute Gasteiger partial charge is 0.149 e. The van der Waals surface area contributed by atoms with Gasteiger partial charge in [-0.1, -0.05) is 38.1 Å². The lowest BCUT2D eigenvalue weighted by molar-refractivity contribution is 1.27. The topological polar surface area (TPSA) is 86.5 Å². The third kappa shape index (κ3) is 2.23. The number of hydrogen-bond donors (Lipinski definition) is 2. The van der Waals surface area contributed by atoms with Crippen molar-refractivity contribution in [3.8, 4) is 6.07 Å². The summed E-state index contributed by atoms with van der Waals surface area (Å²) >= 11 is 0. The molecule has 0 saturated heterocycles. The first kappa shape index (κ1) is 12.7. The van der Waals surface area contributed by atoms with Crippen LogP contribution in [-0.4, -0.2) is 11.2 Å². The fourth-order valence-electron chi connectivity index (χ4n) is 1.50. The Kier molecular flexibility index (Phi) is 4.18. The average molecular weight is 226 g/mol. The standard InChI is InChI=1S/C11H8N4.C2H6/c12-5-9-7-3-1-2-4-8(7)11(14)10(6-13)15-9;1-2/h1-4,6,13H,14H2;1-2H3. The minimum absolute atomic E-state index is 0.304. The van der Waals surface area contributed by atoms with Gasteiger partial charge in [0.05, 0.1) is 5.69 Å². The zero-order valence-corrected chi connectivity index (χ0v) is 9.86. The summed E-state index contributed by atoms with van der Waals surface area (Å²) in [6.45, 7) is 4.00. The van der Waals surface area contributed by atoms with Crippen LogP contribution in [0.2, 0.25) is 0 Å². The molecule has 2 rings (SSSR count). The normalized spacial score (nSPS) is 9.00. The van der Waals surface area contributed by atoms with Crippen molar-refractivity contribution < 1.29 is 0 Å². The van der Waals surface area contributed by atoms with Crippen molar-refractivity contribution in [2.75, 3.05) is 5.73 Å². The van der Waals surface area contributed by atoms with Gasteiger partial charge in [0.1, 0.15) is 17.5 Å². The Balaban J connectivity index is 0.000000686. The van der Waals surface area contributed by atoms with E-state index in [9.17, 15) is 0 Å². The second-order valence-electron chi connectivity index (χ2n) is 3.06. The lowest BCUT2D eigenvalue weighted by Crippen LogP contribution is -2.00. The number of nitrogens with zero attached hydrogens (tertiary/aromatic N) is 2. The number of hydrogen-bond acceptors (Lipinski definition) is 4. The van der Waals surface area contributed by atoms with Crippen molar-refractivity contribution in [1.82, 2.24) is 4.98 Å². The number of nitrogen functional groups attached to an aromatic ring is 1. The highest BCUT2D eigenvalue weighted by Gasteiger charge is 2.08. The van der Waals surface area contributed by atoms with Crippen molar-refractivity contribution in [3.05, 3.63) is 35.7 Å². The van der Waals surface area contributed by atoms with Crippen LogP contribution < -0.4 is 5.73 Å². The molecule has 4 nitrogen and oxygen atoms in total. The van der Waals surface area contributed by atoms with Gasteiger partial charge in [-0.3, -0.25) is 0 Å². The summed E-state index contributed by atoms with van der Waals surface area (Å²) in [5.41, 5.74) is 6.92. The van der Waals surface area contributed by atoms with Gasteiger partial charge >= 0.3 is 0 Å². The molecule has 1 aromatic carbocycles. The SMILES string of the molecule is CC.N#Cc1nc(C=N)c(N)c2ccccc12. The largest absolute Gasteiger partial charge is 0.396 e. The Hall–Kier alpha value is -2.41. The van der Waals surface area contributed by atoms with E-state index in [0.717, 1.165) is 17.0 Å². The molecule has 4 heteroatoms. The Morgan fingerprint density at radius 1 is 1.29 bits per heavy atom. The summed E-state index contributed by atoms with van der Waals surface area (Å²) in [4.78, 5) is 4.01. The molecule has 0 aliphatic carbocycles. The van der Waals surface area contributed by atoms with Gasteiger partial charge < -0.3 is 11.1 Å². The molecule has 0 aliphatic rings. The van der Waals surface area contributed by atoms with Crippen LogP contribution >= 0.6 is 0 Å². The number of aromatic nitrogens is 1. The molecule has 0 amide bonds. The van der Waals surface area contributed by atoms with Crippen LogP contribution in [0.1, 0.15) is 25.2 Å². The van der Waals surface area contributed by atoms with Gasteiger partial charge in [-0.15, -0.1) is 0 Å². The third-order valence-corrected chi connectivity index (χ3v) is 2.22. The predicted octanol–water partition coefficient (Wildman–Crippen LogP) is 2.71. The number of nitrogens with one attached hydrogen (secondary N) is 1. The Morgan fingerprint density at radius 3 is 2.41 bits per heavy atom. The maximum absolute atomic E-state index is 8.92. The average Bonchev–Trinajstić information content (AvgIpc) is 2.42. The van der Waals surface area contributed by atoms with E-state index < -0.39 is 0 Å². The minimum Gasteiger partial charge on any atom is -0.396 e. The van der Waals surface area contributed by atoms with Gasteiger partial charge in [-0.05, 0) is 0 Å². The number of benzene rings is 1. The van der Waals surface area contributed by atoms with Gasteiger partial charge in [0.15, 0.2) is 0 Å². The Bertz CT molecular complexity index is 582. The predicted molar refractivity (Wildman–Crippen MR) is 70.1 cm³/mol. The van der Waals surface area contributed by atoms with Crippen LogP contribution in [0, 0.1) is 16.7 Å². The van der Waals surface area contributed by atoms with Crippen molar-refractivity contribution in [2.24, 2.45) is 0 Å². The molecule has 0 radical (unpaired) electrons. The first-order valence-electron chi connectivity index (χ1n) is 5.36. The molecule has 0 unspecified atom stereocenters. The van der Waals surface area contributed by atoms with E-state index in [1.165, 1.54) is 0 Å². The first-order chi connectivity index (χ1) is 8.27. The molecule has 1 heterocycles. The zero-order chi connectivity index (χ0) is 12.8. The van der Waals surface area contributed by atoms with Crippen LogP contribution in [0.3, 0.4) is 0 Å². The molecule has 0 atom stereocenters. The van der Waals surface area contributed by atoms with Crippen LogP contribution in [-0.2, 0) is 0 Å². The fraction of sp³-hybridized carbons (Fsp3) is 0.154. The highest BCUT2D eigenvalue weighted by molar-refractivity contribution is 6.01. The number of nitriles is 1. The molecular weight excluding hydrogens is 212 g/mol. The summed E-state index contributed by atoms with van der Waals surface area (Å²) in [7, 11) is 0. The van der Waals surface area contributed by atoms with E-state index >= 15 is 0 Å². The number of nitrogens with two attached hydrogens (primary N) is 1. The zero-order valence-electron chi connectivity index (χ0n) is 9.86. The second kappa shape index (κ2) is 5.61. The lowest BCUT2D eigenvalue weighted by atomic mass is 10.1. The molecule has 0 aliphatic heterocycles.